The van der Waals surface area contributed by atoms with Gasteiger partial charge in [-0.1, -0.05) is 0 Å². The second-order valence-electron chi connectivity index (χ2n) is 17.4. The van der Waals surface area contributed by atoms with Crippen LogP contribution in [0.5, 0.6) is 0 Å². The number of hydrogen-bond donors (Lipinski definition) is 0. The molecular weight excluding hydrogens is 591 g/mol. The number of nitrogens with zero attached hydrogens (tertiary/aromatic N) is 1. The third kappa shape index (κ3) is 5.68. The molecule has 0 aromatic heterocycles. The molecule has 9 rings (SSSR count). The highest BCUT2D eigenvalue weighted by molar-refractivity contribution is 5.57. The highest BCUT2D eigenvalue weighted by atomic mass is 15.1. The largest absolute Gasteiger partial charge is 0.291 e. The van der Waals surface area contributed by atoms with Gasteiger partial charge in [-0.2, -0.15) is 0 Å². The Kier molecular flexibility index (Phi) is 9.05. The summed E-state index contributed by atoms with van der Waals surface area (Å²) in [6, 6.07) is 0. The molecule has 0 unspecified atom stereocenters. The first-order chi connectivity index (χ1) is 24.1. The Bertz CT molecular complexity index is 1460. The molecule has 0 saturated carbocycles. The Hall–Kier alpha value is -2.38. The van der Waals surface area contributed by atoms with E-state index >= 15 is 0 Å². The zero-order valence-electron chi connectivity index (χ0n) is 31.5. The van der Waals surface area contributed by atoms with Crippen molar-refractivity contribution >= 4 is 0 Å². The number of hydrogen-bond acceptors (Lipinski definition) is 1. The maximum Gasteiger partial charge on any atom is 0.0246 e. The monoisotopic (exact) mass is 653 g/mol. The molecule has 1 heteroatoms. The lowest BCUT2D eigenvalue weighted by atomic mass is 9.74. The zero-order chi connectivity index (χ0) is 33.1. The van der Waals surface area contributed by atoms with Crippen molar-refractivity contribution < 1.29 is 0 Å². The van der Waals surface area contributed by atoms with Crippen LogP contribution in [0.4, 0.5) is 0 Å². The van der Waals surface area contributed by atoms with Crippen molar-refractivity contribution in [1.29, 1.82) is 0 Å². The normalized spacial score (nSPS) is 19.8. The highest BCUT2D eigenvalue weighted by Gasteiger charge is 2.31. The van der Waals surface area contributed by atoms with E-state index in [0.717, 1.165) is 0 Å². The van der Waals surface area contributed by atoms with Crippen LogP contribution >= 0.6 is 0 Å². The summed E-state index contributed by atoms with van der Waals surface area (Å²) < 4.78 is 0. The summed E-state index contributed by atoms with van der Waals surface area (Å²) in [5.74, 6) is 0. The van der Waals surface area contributed by atoms with E-state index in [1.807, 2.05) is 0 Å². The maximum atomic E-state index is 3.07. The Morgan fingerprint density at radius 2 is 0.429 bits per heavy atom. The van der Waals surface area contributed by atoms with Crippen LogP contribution in [0.15, 0.2) is 0 Å². The van der Waals surface area contributed by atoms with Crippen molar-refractivity contribution in [2.24, 2.45) is 0 Å². The molecular formula is C48H63N. The van der Waals surface area contributed by atoms with Crippen molar-refractivity contribution in [3.05, 3.63) is 100 Å². The molecule has 1 nitrogen and oxygen atoms in total. The van der Waals surface area contributed by atoms with Crippen LogP contribution in [0.2, 0.25) is 0 Å². The van der Waals surface area contributed by atoms with Crippen LogP contribution in [0.3, 0.4) is 0 Å². The Morgan fingerprint density at radius 3 is 0.612 bits per heavy atom. The van der Waals surface area contributed by atoms with Crippen LogP contribution in [0, 0.1) is 20.8 Å². The molecule has 6 aliphatic rings. The van der Waals surface area contributed by atoms with Crippen molar-refractivity contribution in [2.75, 3.05) is 0 Å². The van der Waals surface area contributed by atoms with E-state index in [9.17, 15) is 0 Å². The molecule has 0 N–H and O–H groups in total. The lowest BCUT2D eigenvalue weighted by Crippen LogP contribution is -2.30. The van der Waals surface area contributed by atoms with Gasteiger partial charge in [0.1, 0.15) is 0 Å². The number of rotatable bonds is 6. The molecule has 0 amide bonds. The first-order valence-corrected chi connectivity index (χ1v) is 21.3. The van der Waals surface area contributed by atoms with E-state index in [4.69, 9.17) is 0 Å². The lowest BCUT2D eigenvalue weighted by Gasteiger charge is -2.37. The number of fused-ring (bicyclic) bond motifs is 6. The van der Waals surface area contributed by atoms with Crippen molar-refractivity contribution in [2.45, 2.75) is 195 Å². The van der Waals surface area contributed by atoms with Crippen molar-refractivity contribution in [3.63, 3.8) is 0 Å². The van der Waals surface area contributed by atoms with Gasteiger partial charge >= 0.3 is 0 Å². The van der Waals surface area contributed by atoms with Crippen LogP contribution < -0.4 is 0 Å². The van der Waals surface area contributed by atoms with Gasteiger partial charge in [-0.05, 0) is 275 Å². The molecule has 3 aromatic carbocycles. The molecule has 0 aliphatic heterocycles. The molecule has 0 spiro atoms. The smallest absolute Gasteiger partial charge is 0.0246 e. The molecule has 0 atom stereocenters. The minimum absolute atomic E-state index is 1.17. The lowest BCUT2D eigenvalue weighted by molar-refractivity contribution is 0.241. The average molecular weight is 654 g/mol. The standard InChI is InChI=1S/C48H63N/c1-31-34-16-4-10-22-40(34)46(41-23-11-5-17-35(31)41)28-49(29-47-42-24-12-6-18-36(42)32(2)37-19-7-13-25-43(37)47)30-48-44-26-14-8-20-38(44)33(3)39-21-9-15-27-45(39)48/h4-30H2,1-3H3. The molecule has 0 radical (unpaired) electrons. The van der Waals surface area contributed by atoms with Crippen molar-refractivity contribution in [3.8, 4) is 0 Å². The van der Waals surface area contributed by atoms with E-state index in [2.05, 4.69) is 25.7 Å². The van der Waals surface area contributed by atoms with E-state index in [1.54, 1.807) is 100 Å². The highest BCUT2D eigenvalue weighted by Crippen LogP contribution is 2.42. The first kappa shape index (κ1) is 32.5. The summed E-state index contributed by atoms with van der Waals surface area (Å²) in [6.45, 7) is 11.0. The van der Waals surface area contributed by atoms with E-state index < -0.39 is 0 Å². The molecule has 0 saturated heterocycles. The second kappa shape index (κ2) is 13.6. The summed E-state index contributed by atoms with van der Waals surface area (Å²) in [7, 11) is 0. The van der Waals surface area contributed by atoms with Gasteiger partial charge < -0.3 is 0 Å². The second-order valence-corrected chi connectivity index (χ2v) is 17.4. The molecule has 260 valence electrons. The predicted octanol–water partition coefficient (Wildman–Crippen LogP) is 11.1. The fourth-order valence-electron chi connectivity index (χ4n) is 12.4. The SMILES string of the molecule is Cc1c2c(c(CN(Cc3c4c(c(C)c5c3CCCC5)CCCC4)Cc3c4c(c(C)c5c3CCCC5)CCCC4)c3c1CCCC3)CCCC2. The zero-order valence-corrected chi connectivity index (χ0v) is 31.5. The number of benzene rings is 3. The summed E-state index contributed by atoms with van der Waals surface area (Å²) in [5.41, 5.74) is 32.0. The van der Waals surface area contributed by atoms with Crippen molar-refractivity contribution in [1.82, 2.24) is 4.90 Å². The molecule has 0 bridgehead atoms. The molecule has 3 aromatic rings. The topological polar surface area (TPSA) is 3.24 Å². The van der Waals surface area contributed by atoms with Gasteiger partial charge in [0.05, 0.1) is 0 Å². The van der Waals surface area contributed by atoms with Gasteiger partial charge in [-0.3, -0.25) is 4.90 Å². The van der Waals surface area contributed by atoms with Crippen LogP contribution in [0.25, 0.3) is 0 Å². The van der Waals surface area contributed by atoms with Crippen LogP contribution in [-0.2, 0) is 96.7 Å². The summed E-state index contributed by atoms with van der Waals surface area (Å²) in [4.78, 5) is 3.07. The van der Waals surface area contributed by atoms with Gasteiger partial charge in [-0.25, -0.2) is 0 Å². The predicted molar refractivity (Wildman–Crippen MR) is 206 cm³/mol. The van der Waals surface area contributed by atoms with Crippen LogP contribution in [0.1, 0.15) is 177 Å². The minimum Gasteiger partial charge on any atom is -0.291 e. The Balaban J connectivity index is 1.22. The molecule has 0 fully saturated rings. The summed E-state index contributed by atoms with van der Waals surface area (Å²) >= 11 is 0. The van der Waals surface area contributed by atoms with E-state index in [-0.39, 0.29) is 0 Å². The van der Waals surface area contributed by atoms with E-state index in [1.165, 1.54) is 174 Å². The van der Waals surface area contributed by atoms with Gasteiger partial charge in [0.15, 0.2) is 0 Å². The maximum absolute atomic E-state index is 3.07. The minimum atomic E-state index is 1.17. The fourth-order valence-corrected chi connectivity index (χ4v) is 12.4. The summed E-state index contributed by atoms with van der Waals surface area (Å²) in [5, 5.41) is 0. The van der Waals surface area contributed by atoms with Crippen LogP contribution in [-0.4, -0.2) is 4.90 Å². The van der Waals surface area contributed by atoms with Gasteiger partial charge in [-0.15, -0.1) is 0 Å². The van der Waals surface area contributed by atoms with Gasteiger partial charge in [0.2, 0.25) is 0 Å². The fraction of sp³-hybridized carbons (Fsp3) is 0.625. The first-order valence-electron chi connectivity index (χ1n) is 21.3. The molecule has 0 heterocycles. The third-order valence-electron chi connectivity index (χ3n) is 14.9. The Morgan fingerprint density at radius 1 is 0.265 bits per heavy atom. The quantitative estimate of drug-likeness (QED) is 0.256. The van der Waals surface area contributed by atoms with Gasteiger partial charge in [0.25, 0.3) is 0 Å². The molecule has 49 heavy (non-hydrogen) atoms. The summed E-state index contributed by atoms with van der Waals surface area (Å²) in [6.07, 6.45) is 32.5. The van der Waals surface area contributed by atoms with E-state index in [0.29, 0.717) is 0 Å². The average Bonchev–Trinajstić information content (AvgIpc) is 3.16. The molecule has 6 aliphatic carbocycles. The van der Waals surface area contributed by atoms with Gasteiger partial charge in [0, 0.05) is 19.6 Å². The third-order valence-corrected chi connectivity index (χ3v) is 14.9. The Labute approximate surface area is 298 Å².